The maximum absolute atomic E-state index is 12.4. The molecule has 1 aliphatic rings. The van der Waals surface area contributed by atoms with Gasteiger partial charge < -0.3 is 14.1 Å². The van der Waals surface area contributed by atoms with E-state index in [1.807, 2.05) is 48.5 Å². The van der Waals surface area contributed by atoms with Crippen molar-refractivity contribution in [2.75, 3.05) is 6.61 Å². The topological polar surface area (TPSA) is 48.3 Å². The van der Waals surface area contributed by atoms with Crippen LogP contribution >= 0.6 is 0 Å². The normalized spacial score (nSPS) is 13.3. The average molecular weight is 538 g/mol. The number of allylic oxidation sites excluding steroid dienone is 1. The average Bonchev–Trinajstić information content (AvgIpc) is 3.74. The van der Waals surface area contributed by atoms with E-state index < -0.39 is 5.41 Å². The number of ether oxygens (including phenoxy) is 1. The Morgan fingerprint density at radius 1 is 0.829 bits per heavy atom. The highest BCUT2D eigenvalue weighted by Gasteiger charge is 2.47. The molecule has 1 fully saturated rings. The van der Waals surface area contributed by atoms with Gasteiger partial charge in [-0.25, -0.2) is 4.79 Å². The Kier molecular flexibility index (Phi) is 7.24. The molecular formula is C37H31NO3. The summed E-state index contributed by atoms with van der Waals surface area (Å²) in [4.78, 5) is 24.8. The third-order valence-electron chi connectivity index (χ3n) is 7.76. The van der Waals surface area contributed by atoms with E-state index in [-0.39, 0.29) is 5.97 Å². The molecule has 0 bridgehead atoms. The largest absolute Gasteiger partial charge is 0.462 e. The van der Waals surface area contributed by atoms with Crippen molar-refractivity contribution in [3.63, 3.8) is 0 Å². The number of hydrogen-bond acceptors (Lipinski definition) is 3. The minimum atomic E-state index is -0.542. The van der Waals surface area contributed by atoms with Crippen LogP contribution in [0, 0.1) is 5.41 Å². The number of para-hydroxylation sites is 1. The second kappa shape index (κ2) is 11.3. The lowest BCUT2D eigenvalue weighted by atomic mass is 9.88. The maximum Gasteiger partial charge on any atom is 0.338 e. The third-order valence-corrected chi connectivity index (χ3v) is 7.76. The number of carbonyl (C=O) groups is 2. The SMILES string of the molecule is CCOC(=O)c1ccc(C(=C=C(c2ccccc2)C2(C=O)CC2)c2cn(Cc3ccccc3)c3ccccc23)cc1. The van der Waals surface area contributed by atoms with Crippen LogP contribution in [0.1, 0.15) is 52.4 Å². The van der Waals surface area contributed by atoms with Crippen LogP contribution in [0.3, 0.4) is 0 Å². The lowest BCUT2D eigenvalue weighted by Gasteiger charge is -2.13. The molecule has 5 aromatic rings. The summed E-state index contributed by atoms with van der Waals surface area (Å²) < 4.78 is 7.48. The van der Waals surface area contributed by atoms with E-state index in [0.29, 0.717) is 12.2 Å². The summed E-state index contributed by atoms with van der Waals surface area (Å²) in [6.45, 7) is 2.85. The van der Waals surface area contributed by atoms with Crippen molar-refractivity contribution in [2.45, 2.75) is 26.3 Å². The molecule has 0 spiro atoms. The van der Waals surface area contributed by atoms with E-state index in [9.17, 15) is 9.59 Å². The molecule has 4 heteroatoms. The minimum absolute atomic E-state index is 0.323. The zero-order valence-electron chi connectivity index (χ0n) is 23.0. The fraction of sp³-hybridized carbons (Fsp3) is 0.162. The fourth-order valence-corrected chi connectivity index (χ4v) is 5.41. The molecule has 0 amide bonds. The number of nitrogens with zero attached hydrogens (tertiary/aromatic N) is 1. The Hall–Kier alpha value is -4.92. The monoisotopic (exact) mass is 537 g/mol. The molecule has 1 heterocycles. The summed E-state index contributed by atoms with van der Waals surface area (Å²) in [5.74, 6) is -0.345. The second-order valence-corrected chi connectivity index (χ2v) is 10.5. The minimum Gasteiger partial charge on any atom is -0.462 e. The first-order valence-corrected chi connectivity index (χ1v) is 14.0. The molecule has 4 nitrogen and oxygen atoms in total. The number of aldehydes is 1. The predicted octanol–water partition coefficient (Wildman–Crippen LogP) is 7.96. The highest BCUT2D eigenvalue weighted by Crippen LogP contribution is 2.54. The lowest BCUT2D eigenvalue weighted by molar-refractivity contribution is -0.110. The van der Waals surface area contributed by atoms with Crippen molar-refractivity contribution in [3.8, 4) is 0 Å². The smallest absolute Gasteiger partial charge is 0.338 e. The molecule has 0 radical (unpaired) electrons. The van der Waals surface area contributed by atoms with Crippen molar-refractivity contribution in [3.05, 3.63) is 149 Å². The van der Waals surface area contributed by atoms with Crippen LogP contribution in [0.5, 0.6) is 0 Å². The Labute approximate surface area is 240 Å². The van der Waals surface area contributed by atoms with Gasteiger partial charge in [0.2, 0.25) is 0 Å². The van der Waals surface area contributed by atoms with Crippen LogP contribution in [0.4, 0.5) is 0 Å². The van der Waals surface area contributed by atoms with Gasteiger partial charge in [0.15, 0.2) is 0 Å². The molecule has 1 saturated carbocycles. The summed E-state index contributed by atoms with van der Waals surface area (Å²) in [5, 5.41) is 1.10. The standard InChI is InChI=1S/C37H31NO3/c1-2-41-36(40)30-19-17-28(18-20-30)32(23-34(37(26-39)21-22-37)29-13-7-4-8-14-29)33-25-38(24-27-11-5-3-6-12-27)35-16-10-9-15-31(33)35/h3-20,25-26H,2,21-22,24H2,1H3. The molecule has 0 N–H and O–H groups in total. The molecule has 0 saturated heterocycles. The molecule has 41 heavy (non-hydrogen) atoms. The molecule has 0 atom stereocenters. The van der Waals surface area contributed by atoms with Gasteiger partial charge in [0.25, 0.3) is 0 Å². The first-order valence-electron chi connectivity index (χ1n) is 14.0. The number of hydrogen-bond donors (Lipinski definition) is 0. The van der Waals surface area contributed by atoms with Gasteiger partial charge in [-0.15, -0.1) is 5.73 Å². The maximum atomic E-state index is 12.4. The van der Waals surface area contributed by atoms with Gasteiger partial charge in [-0.05, 0) is 54.7 Å². The molecule has 1 aliphatic carbocycles. The van der Waals surface area contributed by atoms with Crippen LogP contribution < -0.4 is 0 Å². The lowest BCUT2D eigenvalue weighted by Crippen LogP contribution is -2.05. The summed E-state index contributed by atoms with van der Waals surface area (Å²) in [6.07, 6.45) is 4.88. The number of rotatable bonds is 9. The van der Waals surface area contributed by atoms with Gasteiger partial charge in [-0.2, -0.15) is 0 Å². The number of fused-ring (bicyclic) bond motifs is 1. The van der Waals surface area contributed by atoms with E-state index in [0.717, 1.165) is 64.4 Å². The number of aromatic nitrogens is 1. The number of esters is 1. The molecule has 4 aromatic carbocycles. The van der Waals surface area contributed by atoms with Crippen molar-refractivity contribution in [1.29, 1.82) is 0 Å². The summed E-state index contributed by atoms with van der Waals surface area (Å²) in [5.41, 5.74) is 10.8. The van der Waals surface area contributed by atoms with E-state index in [4.69, 9.17) is 4.74 Å². The van der Waals surface area contributed by atoms with Gasteiger partial charge in [0.1, 0.15) is 6.29 Å². The van der Waals surface area contributed by atoms with Crippen molar-refractivity contribution in [2.24, 2.45) is 5.41 Å². The first kappa shape index (κ1) is 26.3. The van der Waals surface area contributed by atoms with Crippen LogP contribution in [0.15, 0.2) is 121 Å². The van der Waals surface area contributed by atoms with Gasteiger partial charge in [-0.3, -0.25) is 0 Å². The van der Waals surface area contributed by atoms with E-state index in [2.05, 4.69) is 65.0 Å². The Bertz CT molecular complexity index is 1770. The first-order chi connectivity index (χ1) is 20.1. The van der Waals surface area contributed by atoms with E-state index >= 15 is 0 Å². The van der Waals surface area contributed by atoms with E-state index in [1.165, 1.54) is 5.56 Å². The van der Waals surface area contributed by atoms with Crippen LogP contribution in [-0.4, -0.2) is 23.4 Å². The highest BCUT2D eigenvalue weighted by molar-refractivity contribution is 6.00. The Balaban J connectivity index is 1.61. The number of carbonyl (C=O) groups excluding carboxylic acids is 2. The second-order valence-electron chi connectivity index (χ2n) is 10.5. The van der Waals surface area contributed by atoms with Crippen molar-refractivity contribution < 1.29 is 14.3 Å². The van der Waals surface area contributed by atoms with Gasteiger partial charge >= 0.3 is 5.97 Å². The molecule has 0 aliphatic heterocycles. The molecule has 6 rings (SSSR count). The Morgan fingerprint density at radius 2 is 1.46 bits per heavy atom. The highest BCUT2D eigenvalue weighted by atomic mass is 16.5. The van der Waals surface area contributed by atoms with Gasteiger partial charge in [0, 0.05) is 40.4 Å². The predicted molar refractivity (Wildman–Crippen MR) is 163 cm³/mol. The summed E-state index contributed by atoms with van der Waals surface area (Å²) in [6, 6.07) is 36.4. The van der Waals surface area contributed by atoms with Crippen molar-refractivity contribution >= 4 is 34.3 Å². The molecule has 1 aromatic heterocycles. The van der Waals surface area contributed by atoms with Gasteiger partial charge in [-0.1, -0.05) is 91.0 Å². The summed E-state index contributed by atoms with van der Waals surface area (Å²) in [7, 11) is 0. The molecule has 202 valence electrons. The third kappa shape index (κ3) is 5.30. The van der Waals surface area contributed by atoms with Crippen LogP contribution in [-0.2, 0) is 16.1 Å². The van der Waals surface area contributed by atoms with Gasteiger partial charge in [0.05, 0.1) is 17.6 Å². The van der Waals surface area contributed by atoms with Crippen molar-refractivity contribution in [1.82, 2.24) is 4.57 Å². The number of benzene rings is 4. The zero-order chi connectivity index (χ0) is 28.2. The Morgan fingerprint density at radius 3 is 2.12 bits per heavy atom. The van der Waals surface area contributed by atoms with Crippen LogP contribution in [0.2, 0.25) is 0 Å². The van der Waals surface area contributed by atoms with Crippen LogP contribution in [0.25, 0.3) is 22.0 Å². The summed E-state index contributed by atoms with van der Waals surface area (Å²) >= 11 is 0. The quantitative estimate of drug-likeness (QED) is 0.109. The van der Waals surface area contributed by atoms with E-state index in [1.54, 1.807) is 19.1 Å². The zero-order valence-corrected chi connectivity index (χ0v) is 23.0. The molecular weight excluding hydrogens is 506 g/mol. The molecule has 0 unspecified atom stereocenters. The fourth-order valence-electron chi connectivity index (χ4n) is 5.41.